The number of hydrogen-bond donors (Lipinski definition) is 0. The van der Waals surface area contributed by atoms with Crippen molar-refractivity contribution in [2.24, 2.45) is 7.05 Å². The predicted octanol–water partition coefficient (Wildman–Crippen LogP) is 2.32. The molecule has 0 bridgehead atoms. The molecule has 2 heterocycles. The Balaban J connectivity index is 2.39. The Labute approximate surface area is 80.4 Å². The van der Waals surface area contributed by atoms with Gasteiger partial charge in [0.15, 0.2) is 0 Å². The zero-order chi connectivity index (χ0) is 9.26. The van der Waals surface area contributed by atoms with E-state index in [2.05, 4.69) is 0 Å². The highest BCUT2D eigenvalue weighted by Crippen LogP contribution is 2.14. The Bertz CT molecular complexity index is 414. The second-order valence-electron chi connectivity index (χ2n) is 2.81. The molecule has 0 spiro atoms. The summed E-state index contributed by atoms with van der Waals surface area (Å²) in [6, 6.07) is 7.45. The van der Waals surface area contributed by atoms with E-state index in [1.807, 2.05) is 47.5 Å². The molecule has 2 aromatic rings. The molecular formula is C10H9NOS. The Morgan fingerprint density at radius 2 is 2.23 bits per heavy atom. The van der Waals surface area contributed by atoms with Crippen molar-refractivity contribution in [1.29, 1.82) is 0 Å². The highest BCUT2D eigenvalue weighted by molar-refractivity contribution is 7.12. The van der Waals surface area contributed by atoms with Gasteiger partial charge >= 0.3 is 0 Å². The molecule has 0 unspecified atom stereocenters. The summed E-state index contributed by atoms with van der Waals surface area (Å²) >= 11 is 1.48. The average Bonchev–Trinajstić information content (AvgIpc) is 2.72. The van der Waals surface area contributed by atoms with Crippen LogP contribution >= 0.6 is 11.3 Å². The summed E-state index contributed by atoms with van der Waals surface area (Å²) < 4.78 is 1.84. The first-order chi connectivity index (χ1) is 6.29. The van der Waals surface area contributed by atoms with E-state index in [9.17, 15) is 4.79 Å². The molecule has 2 aromatic heterocycles. The zero-order valence-electron chi connectivity index (χ0n) is 7.23. The quantitative estimate of drug-likeness (QED) is 0.668. The highest BCUT2D eigenvalue weighted by atomic mass is 32.1. The Morgan fingerprint density at radius 3 is 2.77 bits per heavy atom. The van der Waals surface area contributed by atoms with Crippen LogP contribution in [0.4, 0.5) is 0 Å². The minimum atomic E-state index is 0.0995. The SMILES string of the molecule is Cn1cccc1C(=O)c1cccs1. The molecule has 0 aliphatic rings. The van der Waals surface area contributed by atoms with E-state index in [1.54, 1.807) is 0 Å². The number of aryl methyl sites for hydroxylation is 1. The summed E-state index contributed by atoms with van der Waals surface area (Å²) in [5.41, 5.74) is 0.738. The molecule has 0 amide bonds. The zero-order valence-corrected chi connectivity index (χ0v) is 8.04. The molecule has 0 saturated heterocycles. The second kappa shape index (κ2) is 3.18. The highest BCUT2D eigenvalue weighted by Gasteiger charge is 2.11. The van der Waals surface area contributed by atoms with Gasteiger partial charge in [-0.3, -0.25) is 4.79 Å². The molecule has 0 saturated carbocycles. The third-order valence-corrected chi connectivity index (χ3v) is 2.79. The van der Waals surface area contributed by atoms with Gasteiger partial charge in [0.1, 0.15) is 0 Å². The van der Waals surface area contributed by atoms with Crippen molar-refractivity contribution in [3.63, 3.8) is 0 Å². The van der Waals surface area contributed by atoms with Crippen molar-refractivity contribution in [3.05, 3.63) is 46.4 Å². The monoisotopic (exact) mass is 191 g/mol. The fraction of sp³-hybridized carbons (Fsp3) is 0.100. The standard InChI is InChI=1S/C10H9NOS/c1-11-6-2-4-8(11)10(12)9-5-3-7-13-9/h2-7H,1H3. The lowest BCUT2D eigenvalue weighted by atomic mass is 10.2. The molecule has 0 aliphatic heterocycles. The first-order valence-electron chi connectivity index (χ1n) is 3.98. The number of carbonyl (C=O) groups is 1. The Morgan fingerprint density at radius 1 is 1.38 bits per heavy atom. The number of aromatic nitrogens is 1. The Kier molecular flexibility index (Phi) is 2.02. The summed E-state index contributed by atoms with van der Waals surface area (Å²) in [5.74, 6) is 0.0995. The molecule has 3 heteroatoms. The summed E-state index contributed by atoms with van der Waals surface area (Å²) in [6.07, 6.45) is 1.88. The van der Waals surface area contributed by atoms with E-state index < -0.39 is 0 Å². The number of hydrogen-bond acceptors (Lipinski definition) is 2. The number of carbonyl (C=O) groups excluding carboxylic acids is 1. The van der Waals surface area contributed by atoms with Crippen LogP contribution < -0.4 is 0 Å². The molecule has 0 aliphatic carbocycles. The maximum atomic E-state index is 11.8. The fourth-order valence-corrected chi connectivity index (χ4v) is 1.90. The van der Waals surface area contributed by atoms with Gasteiger partial charge in [-0.25, -0.2) is 0 Å². The van der Waals surface area contributed by atoms with E-state index in [-0.39, 0.29) is 5.78 Å². The normalized spacial score (nSPS) is 10.2. The van der Waals surface area contributed by atoms with E-state index in [0.29, 0.717) is 0 Å². The van der Waals surface area contributed by atoms with Crippen molar-refractivity contribution >= 4 is 17.1 Å². The fourth-order valence-electron chi connectivity index (χ4n) is 1.23. The topological polar surface area (TPSA) is 22.0 Å². The van der Waals surface area contributed by atoms with Gasteiger partial charge in [0.25, 0.3) is 0 Å². The molecule has 66 valence electrons. The molecule has 0 N–H and O–H groups in total. The molecule has 13 heavy (non-hydrogen) atoms. The van der Waals surface area contributed by atoms with Crippen LogP contribution in [0.25, 0.3) is 0 Å². The first-order valence-corrected chi connectivity index (χ1v) is 4.86. The molecule has 2 rings (SSSR count). The molecule has 0 atom stereocenters. The molecule has 0 aromatic carbocycles. The van der Waals surface area contributed by atoms with E-state index >= 15 is 0 Å². The van der Waals surface area contributed by atoms with Gasteiger partial charge in [0.2, 0.25) is 5.78 Å². The maximum Gasteiger partial charge on any atom is 0.219 e. The smallest absolute Gasteiger partial charge is 0.219 e. The van der Waals surface area contributed by atoms with Gasteiger partial charge < -0.3 is 4.57 Å². The minimum absolute atomic E-state index is 0.0995. The van der Waals surface area contributed by atoms with Crippen LogP contribution in [0.2, 0.25) is 0 Å². The van der Waals surface area contributed by atoms with E-state index in [1.165, 1.54) is 11.3 Å². The van der Waals surface area contributed by atoms with Crippen molar-refractivity contribution in [2.45, 2.75) is 0 Å². The van der Waals surface area contributed by atoms with Crippen LogP contribution in [0.15, 0.2) is 35.8 Å². The van der Waals surface area contributed by atoms with Crippen LogP contribution in [-0.4, -0.2) is 10.4 Å². The molecule has 2 nitrogen and oxygen atoms in total. The lowest BCUT2D eigenvalue weighted by Gasteiger charge is -1.98. The van der Waals surface area contributed by atoms with Gasteiger partial charge in [0.05, 0.1) is 10.6 Å². The summed E-state index contributed by atoms with van der Waals surface area (Å²) in [6.45, 7) is 0. The van der Waals surface area contributed by atoms with Crippen LogP contribution in [0.3, 0.4) is 0 Å². The lowest BCUT2D eigenvalue weighted by molar-refractivity contribution is 0.103. The summed E-state index contributed by atoms with van der Waals surface area (Å²) in [4.78, 5) is 12.6. The predicted molar refractivity (Wildman–Crippen MR) is 53.2 cm³/mol. The van der Waals surface area contributed by atoms with Crippen LogP contribution in [-0.2, 0) is 7.05 Å². The van der Waals surface area contributed by atoms with Crippen molar-refractivity contribution < 1.29 is 4.79 Å². The first kappa shape index (κ1) is 8.26. The third kappa shape index (κ3) is 1.42. The van der Waals surface area contributed by atoms with Crippen molar-refractivity contribution in [3.8, 4) is 0 Å². The van der Waals surface area contributed by atoms with Gasteiger partial charge in [-0.2, -0.15) is 0 Å². The number of nitrogens with zero attached hydrogens (tertiary/aromatic N) is 1. The van der Waals surface area contributed by atoms with Crippen LogP contribution in [0.5, 0.6) is 0 Å². The number of ketones is 1. The second-order valence-corrected chi connectivity index (χ2v) is 3.76. The average molecular weight is 191 g/mol. The molecule has 0 radical (unpaired) electrons. The van der Waals surface area contributed by atoms with Crippen molar-refractivity contribution in [1.82, 2.24) is 4.57 Å². The third-order valence-electron chi connectivity index (χ3n) is 1.92. The molecule has 0 fully saturated rings. The summed E-state index contributed by atoms with van der Waals surface area (Å²) in [5, 5.41) is 1.91. The number of rotatable bonds is 2. The minimum Gasteiger partial charge on any atom is -0.348 e. The van der Waals surface area contributed by atoms with Crippen molar-refractivity contribution in [2.75, 3.05) is 0 Å². The lowest BCUT2D eigenvalue weighted by Crippen LogP contribution is -2.04. The summed E-state index contributed by atoms with van der Waals surface area (Å²) in [7, 11) is 1.88. The maximum absolute atomic E-state index is 11.8. The Hall–Kier alpha value is -1.35. The largest absolute Gasteiger partial charge is 0.348 e. The van der Waals surface area contributed by atoms with E-state index in [0.717, 1.165) is 10.6 Å². The van der Waals surface area contributed by atoms with E-state index in [4.69, 9.17) is 0 Å². The van der Waals surface area contributed by atoms with Gasteiger partial charge in [-0.05, 0) is 23.6 Å². The van der Waals surface area contributed by atoms with Gasteiger partial charge in [-0.1, -0.05) is 6.07 Å². The number of thiophene rings is 1. The van der Waals surface area contributed by atoms with Crippen LogP contribution in [0, 0.1) is 0 Å². The van der Waals surface area contributed by atoms with Crippen LogP contribution in [0.1, 0.15) is 15.4 Å². The molecular weight excluding hydrogens is 182 g/mol. The van der Waals surface area contributed by atoms with Gasteiger partial charge in [-0.15, -0.1) is 11.3 Å². The van der Waals surface area contributed by atoms with Gasteiger partial charge in [0, 0.05) is 13.2 Å².